The highest BCUT2D eigenvalue weighted by Crippen LogP contribution is 2.25. The second kappa shape index (κ2) is 4.91. The number of sulfonamides is 1. The zero-order valence-electron chi connectivity index (χ0n) is 9.04. The monoisotopic (exact) mass is 276 g/mol. The van der Waals surface area contributed by atoms with Gasteiger partial charge in [0.15, 0.2) is 0 Å². The number of ether oxygens (including phenoxy) is 1. The van der Waals surface area contributed by atoms with Gasteiger partial charge in [0.2, 0.25) is 10.0 Å². The van der Waals surface area contributed by atoms with Crippen LogP contribution in [-0.4, -0.2) is 38.6 Å². The largest absolute Gasteiger partial charge is 0.377 e. The molecule has 0 aliphatic carbocycles. The SMILES string of the molecule is NC1COCCN1S(=O)(=O)c1ccccc1Cl. The quantitative estimate of drug-likeness (QED) is 0.861. The molecule has 1 aromatic rings. The Hall–Kier alpha value is -0.660. The molecule has 7 heteroatoms. The normalized spacial score (nSPS) is 22.6. The van der Waals surface area contributed by atoms with Gasteiger partial charge in [-0.3, -0.25) is 0 Å². The van der Waals surface area contributed by atoms with Crippen LogP contribution in [0.25, 0.3) is 0 Å². The lowest BCUT2D eigenvalue weighted by molar-refractivity contribution is 0.0350. The van der Waals surface area contributed by atoms with Gasteiger partial charge in [-0.15, -0.1) is 0 Å². The van der Waals surface area contributed by atoms with Crippen molar-refractivity contribution in [3.05, 3.63) is 29.3 Å². The highest BCUT2D eigenvalue weighted by atomic mass is 35.5. The van der Waals surface area contributed by atoms with Crippen molar-refractivity contribution in [2.45, 2.75) is 11.1 Å². The van der Waals surface area contributed by atoms with Gasteiger partial charge in [0, 0.05) is 6.54 Å². The van der Waals surface area contributed by atoms with Crippen molar-refractivity contribution < 1.29 is 13.2 Å². The van der Waals surface area contributed by atoms with Crippen molar-refractivity contribution in [2.75, 3.05) is 19.8 Å². The first-order valence-corrected chi connectivity index (χ1v) is 6.95. The van der Waals surface area contributed by atoms with E-state index in [-0.39, 0.29) is 23.1 Å². The third-order valence-electron chi connectivity index (χ3n) is 2.54. The average molecular weight is 277 g/mol. The van der Waals surface area contributed by atoms with E-state index in [1.54, 1.807) is 18.2 Å². The zero-order valence-corrected chi connectivity index (χ0v) is 10.6. The molecule has 1 aromatic carbocycles. The van der Waals surface area contributed by atoms with Crippen molar-refractivity contribution in [3.8, 4) is 0 Å². The maximum absolute atomic E-state index is 12.3. The first-order valence-electron chi connectivity index (χ1n) is 5.13. The van der Waals surface area contributed by atoms with E-state index in [0.717, 1.165) is 0 Å². The van der Waals surface area contributed by atoms with E-state index in [9.17, 15) is 8.42 Å². The Morgan fingerprint density at radius 1 is 1.41 bits per heavy atom. The van der Waals surface area contributed by atoms with Gasteiger partial charge in [-0.25, -0.2) is 8.42 Å². The van der Waals surface area contributed by atoms with Crippen LogP contribution >= 0.6 is 11.6 Å². The number of nitrogens with zero attached hydrogens (tertiary/aromatic N) is 1. The van der Waals surface area contributed by atoms with Crippen molar-refractivity contribution in [2.24, 2.45) is 5.73 Å². The Morgan fingerprint density at radius 2 is 2.12 bits per heavy atom. The predicted octanol–water partition coefficient (Wildman–Crippen LogP) is 0.646. The van der Waals surface area contributed by atoms with Gasteiger partial charge in [0.05, 0.1) is 24.4 Å². The Balaban J connectivity index is 2.39. The molecule has 1 saturated heterocycles. The molecular formula is C10H13ClN2O3S. The maximum atomic E-state index is 12.3. The standard InChI is InChI=1S/C10H13ClN2O3S/c11-8-3-1-2-4-9(8)17(14,15)13-5-6-16-7-10(13)12/h1-4,10H,5-7,12H2. The number of benzene rings is 1. The van der Waals surface area contributed by atoms with E-state index in [1.165, 1.54) is 10.4 Å². The number of hydrogen-bond donors (Lipinski definition) is 1. The number of morpholine rings is 1. The molecule has 0 aromatic heterocycles. The van der Waals surface area contributed by atoms with Crippen LogP contribution in [0.2, 0.25) is 5.02 Å². The first-order chi connectivity index (χ1) is 8.03. The summed E-state index contributed by atoms with van der Waals surface area (Å²) in [6.45, 7) is 0.787. The molecule has 94 valence electrons. The molecule has 1 heterocycles. The van der Waals surface area contributed by atoms with Gasteiger partial charge in [-0.2, -0.15) is 4.31 Å². The molecule has 1 fully saturated rings. The molecule has 0 saturated carbocycles. The maximum Gasteiger partial charge on any atom is 0.246 e. The van der Waals surface area contributed by atoms with Crippen LogP contribution < -0.4 is 5.73 Å². The Bertz CT molecular complexity index is 506. The lowest BCUT2D eigenvalue weighted by Crippen LogP contribution is -2.53. The van der Waals surface area contributed by atoms with Gasteiger partial charge in [0.1, 0.15) is 4.90 Å². The molecule has 0 bridgehead atoms. The molecule has 1 aliphatic heterocycles. The fourth-order valence-corrected chi connectivity index (χ4v) is 3.66. The average Bonchev–Trinajstić information content (AvgIpc) is 2.29. The highest BCUT2D eigenvalue weighted by molar-refractivity contribution is 7.89. The molecule has 1 atom stereocenters. The summed E-state index contributed by atoms with van der Waals surface area (Å²) in [4.78, 5) is 0.0824. The predicted molar refractivity (Wildman–Crippen MR) is 64.1 cm³/mol. The van der Waals surface area contributed by atoms with E-state index in [0.29, 0.717) is 6.61 Å². The zero-order chi connectivity index (χ0) is 12.5. The third kappa shape index (κ3) is 2.46. The highest BCUT2D eigenvalue weighted by Gasteiger charge is 2.33. The smallest absolute Gasteiger partial charge is 0.246 e. The van der Waals surface area contributed by atoms with E-state index in [4.69, 9.17) is 22.1 Å². The summed E-state index contributed by atoms with van der Waals surface area (Å²) in [5, 5.41) is 0.200. The minimum absolute atomic E-state index is 0.0824. The van der Waals surface area contributed by atoms with Crippen molar-refractivity contribution in [1.29, 1.82) is 0 Å². The van der Waals surface area contributed by atoms with Crippen LogP contribution in [0.4, 0.5) is 0 Å². The number of halogens is 1. The Kier molecular flexibility index (Phi) is 3.70. The van der Waals surface area contributed by atoms with Crippen LogP contribution in [0.5, 0.6) is 0 Å². The van der Waals surface area contributed by atoms with E-state index in [1.807, 2.05) is 0 Å². The van der Waals surface area contributed by atoms with Gasteiger partial charge >= 0.3 is 0 Å². The second-order valence-corrected chi connectivity index (χ2v) is 5.95. The molecule has 1 unspecified atom stereocenters. The van der Waals surface area contributed by atoms with Crippen LogP contribution in [-0.2, 0) is 14.8 Å². The molecule has 17 heavy (non-hydrogen) atoms. The molecule has 0 amide bonds. The number of hydrogen-bond acceptors (Lipinski definition) is 4. The van der Waals surface area contributed by atoms with Crippen LogP contribution in [0.15, 0.2) is 29.2 Å². The first kappa shape index (κ1) is 12.8. The molecule has 2 rings (SSSR count). The van der Waals surface area contributed by atoms with Gasteiger partial charge < -0.3 is 10.5 Å². The minimum Gasteiger partial charge on any atom is -0.377 e. The molecule has 5 nitrogen and oxygen atoms in total. The van der Waals surface area contributed by atoms with Crippen LogP contribution in [0.3, 0.4) is 0 Å². The van der Waals surface area contributed by atoms with E-state index < -0.39 is 16.2 Å². The van der Waals surface area contributed by atoms with Gasteiger partial charge in [0.25, 0.3) is 0 Å². The summed E-state index contributed by atoms with van der Waals surface area (Å²) < 4.78 is 31.0. The second-order valence-electron chi connectivity index (χ2n) is 3.69. The Labute approximate surface area is 105 Å². The molecule has 0 spiro atoms. The third-order valence-corrected chi connectivity index (χ3v) is 4.96. The molecule has 2 N–H and O–H groups in total. The summed E-state index contributed by atoms with van der Waals surface area (Å²) in [6, 6.07) is 6.32. The summed E-state index contributed by atoms with van der Waals surface area (Å²) in [7, 11) is -3.65. The van der Waals surface area contributed by atoms with E-state index >= 15 is 0 Å². The number of nitrogens with two attached hydrogens (primary N) is 1. The van der Waals surface area contributed by atoms with Crippen LogP contribution in [0, 0.1) is 0 Å². The molecule has 0 radical (unpaired) electrons. The lowest BCUT2D eigenvalue weighted by Gasteiger charge is -2.32. The van der Waals surface area contributed by atoms with Crippen molar-refractivity contribution in [1.82, 2.24) is 4.31 Å². The summed E-state index contributed by atoms with van der Waals surface area (Å²) in [6.07, 6.45) is -0.662. The molecule has 1 aliphatic rings. The minimum atomic E-state index is -3.65. The fraction of sp³-hybridized carbons (Fsp3) is 0.400. The molecular weight excluding hydrogens is 264 g/mol. The summed E-state index contributed by atoms with van der Waals surface area (Å²) in [5.41, 5.74) is 5.73. The van der Waals surface area contributed by atoms with Crippen LogP contribution in [0.1, 0.15) is 0 Å². The topological polar surface area (TPSA) is 72.6 Å². The van der Waals surface area contributed by atoms with Crippen molar-refractivity contribution >= 4 is 21.6 Å². The van der Waals surface area contributed by atoms with Gasteiger partial charge in [-0.1, -0.05) is 23.7 Å². The van der Waals surface area contributed by atoms with Crippen molar-refractivity contribution in [3.63, 3.8) is 0 Å². The Morgan fingerprint density at radius 3 is 2.76 bits per heavy atom. The van der Waals surface area contributed by atoms with Gasteiger partial charge in [-0.05, 0) is 12.1 Å². The lowest BCUT2D eigenvalue weighted by atomic mass is 10.4. The number of rotatable bonds is 2. The summed E-state index contributed by atoms with van der Waals surface area (Å²) >= 11 is 5.90. The van der Waals surface area contributed by atoms with E-state index in [2.05, 4.69) is 0 Å². The fourth-order valence-electron chi connectivity index (χ4n) is 1.69. The summed E-state index contributed by atoms with van der Waals surface area (Å²) in [5.74, 6) is 0.